The van der Waals surface area contributed by atoms with Crippen LogP contribution in [0.5, 0.6) is 0 Å². The molecule has 1 aromatic carbocycles. The first-order valence-electron chi connectivity index (χ1n) is 3.97. The molecule has 1 heterocycles. The first kappa shape index (κ1) is 9.80. The Labute approximate surface area is 83.4 Å². The van der Waals surface area contributed by atoms with Gasteiger partial charge in [-0.25, -0.2) is 0 Å². The number of rotatable bonds is 1. The van der Waals surface area contributed by atoms with Gasteiger partial charge in [0.15, 0.2) is 0 Å². The van der Waals surface area contributed by atoms with Crippen LogP contribution in [0.2, 0.25) is 5.02 Å². The lowest BCUT2D eigenvalue weighted by Gasteiger charge is -2.11. The summed E-state index contributed by atoms with van der Waals surface area (Å²) in [6.07, 6.45) is -4.78. The van der Waals surface area contributed by atoms with Crippen LogP contribution in [-0.4, -0.2) is 6.61 Å². The first-order chi connectivity index (χ1) is 6.48. The Kier molecular flexibility index (Phi) is 2.20. The standard InChI is InChI=1S/C9H6ClF3O/c10-5-1-2-6(8-4-14-8)7(3-5)9(11,12)13/h1-3,8H,4H2/t8-/m1/s1. The van der Waals surface area contributed by atoms with Gasteiger partial charge in [0.2, 0.25) is 0 Å². The van der Waals surface area contributed by atoms with E-state index < -0.39 is 17.8 Å². The van der Waals surface area contributed by atoms with Gasteiger partial charge in [-0.3, -0.25) is 0 Å². The van der Waals surface area contributed by atoms with Crippen molar-refractivity contribution in [1.29, 1.82) is 0 Å². The SMILES string of the molecule is FC(F)(F)c1cc(Cl)ccc1[C@H]1CO1. The molecule has 14 heavy (non-hydrogen) atoms. The van der Waals surface area contributed by atoms with Crippen LogP contribution in [0.3, 0.4) is 0 Å². The first-order valence-corrected chi connectivity index (χ1v) is 4.34. The number of alkyl halides is 3. The highest BCUT2D eigenvalue weighted by atomic mass is 35.5. The fourth-order valence-corrected chi connectivity index (χ4v) is 1.45. The molecule has 1 fully saturated rings. The van der Waals surface area contributed by atoms with Crippen LogP contribution in [0.15, 0.2) is 18.2 Å². The second-order valence-electron chi connectivity index (χ2n) is 3.05. The fourth-order valence-electron chi connectivity index (χ4n) is 1.28. The molecule has 0 spiro atoms. The van der Waals surface area contributed by atoms with Gasteiger partial charge in [-0.2, -0.15) is 13.2 Å². The van der Waals surface area contributed by atoms with Crippen molar-refractivity contribution in [3.05, 3.63) is 34.3 Å². The molecular weight excluding hydrogens is 217 g/mol. The zero-order valence-electron chi connectivity index (χ0n) is 6.94. The molecule has 0 aliphatic carbocycles. The zero-order valence-corrected chi connectivity index (χ0v) is 7.69. The predicted molar refractivity (Wildman–Crippen MR) is 45.1 cm³/mol. The van der Waals surface area contributed by atoms with E-state index in [0.29, 0.717) is 6.61 Å². The summed E-state index contributed by atoms with van der Waals surface area (Å²) in [4.78, 5) is 0. The molecule has 0 aromatic heterocycles. The largest absolute Gasteiger partial charge is 0.416 e. The van der Waals surface area contributed by atoms with Crippen LogP contribution < -0.4 is 0 Å². The number of hydrogen-bond acceptors (Lipinski definition) is 1. The van der Waals surface area contributed by atoms with E-state index in [-0.39, 0.29) is 10.6 Å². The minimum atomic E-state index is -4.37. The third kappa shape index (κ3) is 1.86. The summed E-state index contributed by atoms with van der Waals surface area (Å²) in [6.45, 7) is 0.352. The Hall–Kier alpha value is -0.740. The summed E-state index contributed by atoms with van der Waals surface area (Å²) in [6, 6.07) is 3.73. The highest BCUT2D eigenvalue weighted by Gasteiger charge is 2.38. The Morgan fingerprint density at radius 1 is 1.36 bits per heavy atom. The van der Waals surface area contributed by atoms with Crippen molar-refractivity contribution in [2.75, 3.05) is 6.61 Å². The molecule has 0 N–H and O–H groups in total. The van der Waals surface area contributed by atoms with Crippen molar-refractivity contribution >= 4 is 11.6 Å². The molecule has 0 saturated carbocycles. The molecular formula is C9H6ClF3O. The summed E-state index contributed by atoms with van der Waals surface area (Å²) in [5, 5.41) is 0.0849. The van der Waals surface area contributed by atoms with Gasteiger partial charge in [0.1, 0.15) is 6.10 Å². The van der Waals surface area contributed by atoms with Gasteiger partial charge in [0, 0.05) is 5.02 Å². The Balaban J connectivity index is 2.48. The molecule has 1 aliphatic heterocycles. The Morgan fingerprint density at radius 2 is 2.00 bits per heavy atom. The second kappa shape index (κ2) is 3.14. The molecule has 1 atom stereocenters. The molecule has 76 valence electrons. The van der Waals surface area contributed by atoms with Crippen LogP contribution in [0, 0.1) is 0 Å². The van der Waals surface area contributed by atoms with E-state index in [1.165, 1.54) is 12.1 Å². The van der Waals surface area contributed by atoms with Gasteiger partial charge in [0.25, 0.3) is 0 Å². The molecule has 1 aliphatic rings. The molecule has 0 radical (unpaired) electrons. The Morgan fingerprint density at radius 3 is 2.50 bits per heavy atom. The Bertz CT molecular complexity index is 358. The average Bonchev–Trinajstić information content (AvgIpc) is 2.85. The van der Waals surface area contributed by atoms with Crippen LogP contribution in [-0.2, 0) is 10.9 Å². The summed E-state index contributed by atoms with van der Waals surface area (Å²) in [5.41, 5.74) is -0.533. The fraction of sp³-hybridized carbons (Fsp3) is 0.333. The van der Waals surface area contributed by atoms with Crippen molar-refractivity contribution in [3.8, 4) is 0 Å². The third-order valence-electron chi connectivity index (χ3n) is 2.00. The highest BCUT2D eigenvalue weighted by Crippen LogP contribution is 2.41. The van der Waals surface area contributed by atoms with Gasteiger partial charge in [-0.05, 0) is 17.7 Å². The number of ether oxygens (including phenoxy) is 1. The topological polar surface area (TPSA) is 12.5 Å². The van der Waals surface area contributed by atoms with E-state index in [1.54, 1.807) is 0 Å². The maximum Gasteiger partial charge on any atom is 0.416 e. The van der Waals surface area contributed by atoms with Crippen LogP contribution >= 0.6 is 11.6 Å². The molecule has 2 rings (SSSR count). The molecule has 0 unspecified atom stereocenters. The number of hydrogen-bond donors (Lipinski definition) is 0. The van der Waals surface area contributed by atoms with Gasteiger partial charge < -0.3 is 4.74 Å². The highest BCUT2D eigenvalue weighted by molar-refractivity contribution is 6.30. The lowest BCUT2D eigenvalue weighted by atomic mass is 10.0. The van der Waals surface area contributed by atoms with E-state index in [9.17, 15) is 13.2 Å². The smallest absolute Gasteiger partial charge is 0.368 e. The van der Waals surface area contributed by atoms with Crippen LogP contribution in [0.4, 0.5) is 13.2 Å². The summed E-state index contributed by atoms with van der Waals surface area (Å²) >= 11 is 5.51. The van der Waals surface area contributed by atoms with E-state index >= 15 is 0 Å². The van der Waals surface area contributed by atoms with E-state index in [2.05, 4.69) is 0 Å². The van der Waals surface area contributed by atoms with Gasteiger partial charge in [-0.1, -0.05) is 17.7 Å². The molecule has 5 heteroatoms. The van der Waals surface area contributed by atoms with E-state index in [1.807, 2.05) is 0 Å². The van der Waals surface area contributed by atoms with Crippen LogP contribution in [0.25, 0.3) is 0 Å². The van der Waals surface area contributed by atoms with Crippen molar-refractivity contribution in [2.24, 2.45) is 0 Å². The lowest BCUT2D eigenvalue weighted by molar-refractivity contribution is -0.138. The quantitative estimate of drug-likeness (QED) is 0.664. The third-order valence-corrected chi connectivity index (χ3v) is 2.24. The maximum absolute atomic E-state index is 12.5. The minimum absolute atomic E-state index is 0.0849. The molecule has 1 nitrogen and oxygen atoms in total. The van der Waals surface area contributed by atoms with Crippen molar-refractivity contribution in [3.63, 3.8) is 0 Å². The molecule has 1 saturated heterocycles. The summed E-state index contributed by atoms with van der Waals surface area (Å²) in [5.74, 6) is 0. The number of epoxide rings is 1. The van der Waals surface area contributed by atoms with Gasteiger partial charge >= 0.3 is 6.18 Å². The summed E-state index contributed by atoms with van der Waals surface area (Å²) < 4.78 is 42.3. The average molecular weight is 223 g/mol. The summed E-state index contributed by atoms with van der Waals surface area (Å²) in [7, 11) is 0. The van der Waals surface area contributed by atoms with Gasteiger partial charge in [-0.15, -0.1) is 0 Å². The van der Waals surface area contributed by atoms with Crippen molar-refractivity contribution in [2.45, 2.75) is 12.3 Å². The van der Waals surface area contributed by atoms with Crippen LogP contribution in [0.1, 0.15) is 17.2 Å². The van der Waals surface area contributed by atoms with E-state index in [4.69, 9.17) is 16.3 Å². The number of benzene rings is 1. The monoisotopic (exact) mass is 222 g/mol. The second-order valence-corrected chi connectivity index (χ2v) is 3.49. The molecule has 1 aromatic rings. The normalized spacial score (nSPS) is 21.0. The molecule has 0 amide bonds. The number of halogens is 4. The van der Waals surface area contributed by atoms with E-state index in [0.717, 1.165) is 6.07 Å². The van der Waals surface area contributed by atoms with Crippen molar-refractivity contribution in [1.82, 2.24) is 0 Å². The lowest BCUT2D eigenvalue weighted by Crippen LogP contribution is -2.08. The minimum Gasteiger partial charge on any atom is -0.368 e. The maximum atomic E-state index is 12.5. The predicted octanol–water partition coefficient (Wildman–Crippen LogP) is 3.43. The van der Waals surface area contributed by atoms with Crippen molar-refractivity contribution < 1.29 is 17.9 Å². The molecule has 0 bridgehead atoms. The van der Waals surface area contributed by atoms with Gasteiger partial charge in [0.05, 0.1) is 12.2 Å². The zero-order chi connectivity index (χ0) is 10.3.